The fourth-order valence-corrected chi connectivity index (χ4v) is 1.44. The van der Waals surface area contributed by atoms with Crippen LogP contribution in [0.15, 0.2) is 18.2 Å². The molecule has 0 aliphatic heterocycles. The van der Waals surface area contributed by atoms with Crippen molar-refractivity contribution in [2.75, 3.05) is 0 Å². The van der Waals surface area contributed by atoms with Gasteiger partial charge in [-0.05, 0) is 23.5 Å². The molecule has 0 amide bonds. The molecule has 1 rings (SSSR count). The van der Waals surface area contributed by atoms with Crippen molar-refractivity contribution in [2.45, 2.75) is 33.8 Å². The summed E-state index contributed by atoms with van der Waals surface area (Å²) in [6.45, 7) is 6.11. The van der Waals surface area contributed by atoms with Gasteiger partial charge in [-0.1, -0.05) is 32.9 Å². The standard InChI is InChI=1S/C12H17FO/c1-12(2,3)7-9-4-5-10(8-14)11(13)6-9/h4-6,14H,7-8H2,1-3H3. The van der Waals surface area contributed by atoms with Crippen LogP contribution in [0, 0.1) is 11.2 Å². The van der Waals surface area contributed by atoms with Gasteiger partial charge in [0, 0.05) is 5.56 Å². The lowest BCUT2D eigenvalue weighted by Gasteiger charge is -2.18. The summed E-state index contributed by atoms with van der Waals surface area (Å²) in [7, 11) is 0. The van der Waals surface area contributed by atoms with E-state index in [1.54, 1.807) is 6.07 Å². The molecular weight excluding hydrogens is 179 g/mol. The minimum atomic E-state index is -0.311. The van der Waals surface area contributed by atoms with Crippen molar-refractivity contribution in [1.29, 1.82) is 0 Å². The maximum absolute atomic E-state index is 13.3. The third kappa shape index (κ3) is 3.11. The van der Waals surface area contributed by atoms with Crippen molar-refractivity contribution < 1.29 is 9.50 Å². The molecule has 0 unspecified atom stereocenters. The van der Waals surface area contributed by atoms with Crippen LogP contribution in [0.2, 0.25) is 0 Å². The molecule has 1 aromatic rings. The molecule has 0 atom stereocenters. The van der Waals surface area contributed by atoms with E-state index in [9.17, 15) is 4.39 Å². The van der Waals surface area contributed by atoms with Crippen molar-refractivity contribution in [3.8, 4) is 0 Å². The lowest BCUT2D eigenvalue weighted by molar-refractivity contribution is 0.275. The molecule has 0 radical (unpaired) electrons. The molecule has 78 valence electrons. The summed E-state index contributed by atoms with van der Waals surface area (Å²) in [5.41, 5.74) is 1.50. The van der Waals surface area contributed by atoms with Gasteiger partial charge in [0.1, 0.15) is 5.82 Å². The number of hydrogen-bond acceptors (Lipinski definition) is 1. The van der Waals surface area contributed by atoms with E-state index < -0.39 is 0 Å². The zero-order valence-corrected chi connectivity index (χ0v) is 8.97. The van der Waals surface area contributed by atoms with Gasteiger partial charge >= 0.3 is 0 Å². The highest BCUT2D eigenvalue weighted by Gasteiger charge is 2.12. The lowest BCUT2D eigenvalue weighted by Crippen LogP contribution is -2.09. The monoisotopic (exact) mass is 196 g/mol. The Balaban J connectivity index is 2.87. The van der Waals surface area contributed by atoms with E-state index >= 15 is 0 Å². The van der Waals surface area contributed by atoms with Gasteiger partial charge in [0.25, 0.3) is 0 Å². The van der Waals surface area contributed by atoms with Crippen LogP contribution >= 0.6 is 0 Å². The Bertz CT molecular complexity index is 313. The van der Waals surface area contributed by atoms with Crippen molar-refractivity contribution in [3.05, 3.63) is 35.1 Å². The Morgan fingerprint density at radius 1 is 1.29 bits per heavy atom. The first-order chi connectivity index (χ1) is 6.42. The maximum atomic E-state index is 13.3. The number of halogens is 1. The second kappa shape index (κ2) is 4.09. The van der Waals surface area contributed by atoms with Crippen LogP contribution in [0.3, 0.4) is 0 Å². The molecular formula is C12H17FO. The van der Waals surface area contributed by atoms with E-state index in [-0.39, 0.29) is 17.8 Å². The Labute approximate surface area is 84.6 Å². The molecule has 0 fully saturated rings. The van der Waals surface area contributed by atoms with Crippen molar-refractivity contribution in [3.63, 3.8) is 0 Å². The highest BCUT2D eigenvalue weighted by Crippen LogP contribution is 2.21. The molecule has 0 aliphatic rings. The summed E-state index contributed by atoms with van der Waals surface area (Å²) in [5.74, 6) is -0.311. The smallest absolute Gasteiger partial charge is 0.128 e. The highest BCUT2D eigenvalue weighted by atomic mass is 19.1. The number of aliphatic hydroxyl groups excluding tert-OH is 1. The maximum Gasteiger partial charge on any atom is 0.128 e. The number of aliphatic hydroxyl groups is 1. The van der Waals surface area contributed by atoms with Gasteiger partial charge in [-0.25, -0.2) is 4.39 Å². The van der Waals surface area contributed by atoms with E-state index in [0.29, 0.717) is 5.56 Å². The second-order valence-corrected chi connectivity index (χ2v) is 4.82. The van der Waals surface area contributed by atoms with Gasteiger partial charge in [-0.2, -0.15) is 0 Å². The molecule has 14 heavy (non-hydrogen) atoms. The molecule has 0 aliphatic carbocycles. The largest absolute Gasteiger partial charge is 0.392 e. The van der Waals surface area contributed by atoms with Crippen molar-refractivity contribution in [1.82, 2.24) is 0 Å². The summed E-state index contributed by atoms with van der Waals surface area (Å²) >= 11 is 0. The van der Waals surface area contributed by atoms with Crippen molar-refractivity contribution >= 4 is 0 Å². The molecule has 0 spiro atoms. The predicted molar refractivity (Wildman–Crippen MR) is 55.5 cm³/mol. The Morgan fingerprint density at radius 3 is 2.36 bits per heavy atom. The molecule has 0 saturated heterocycles. The molecule has 0 aromatic heterocycles. The van der Waals surface area contributed by atoms with Gasteiger partial charge < -0.3 is 5.11 Å². The molecule has 1 aromatic carbocycles. The van der Waals surface area contributed by atoms with Crippen LogP contribution in [0.1, 0.15) is 31.9 Å². The fraction of sp³-hybridized carbons (Fsp3) is 0.500. The van der Waals surface area contributed by atoms with Gasteiger partial charge in [0.15, 0.2) is 0 Å². The van der Waals surface area contributed by atoms with Gasteiger partial charge in [0.2, 0.25) is 0 Å². The third-order valence-electron chi connectivity index (χ3n) is 2.02. The van der Waals surface area contributed by atoms with Gasteiger partial charge in [-0.15, -0.1) is 0 Å². The first-order valence-electron chi connectivity index (χ1n) is 4.80. The summed E-state index contributed by atoms with van der Waals surface area (Å²) in [4.78, 5) is 0. The van der Waals surface area contributed by atoms with E-state index in [4.69, 9.17) is 5.11 Å². The van der Waals surface area contributed by atoms with Crippen LogP contribution in [-0.2, 0) is 13.0 Å². The Hall–Kier alpha value is -0.890. The van der Waals surface area contributed by atoms with Crippen LogP contribution in [0.5, 0.6) is 0 Å². The third-order valence-corrected chi connectivity index (χ3v) is 2.02. The fourth-order valence-electron chi connectivity index (χ4n) is 1.44. The number of benzene rings is 1. The molecule has 2 heteroatoms. The normalized spacial score (nSPS) is 11.8. The molecule has 0 saturated carbocycles. The Kier molecular flexibility index (Phi) is 3.27. The van der Waals surface area contributed by atoms with Crippen LogP contribution in [0.4, 0.5) is 4.39 Å². The van der Waals surface area contributed by atoms with Crippen LogP contribution < -0.4 is 0 Å². The summed E-state index contributed by atoms with van der Waals surface area (Å²) in [5, 5.41) is 8.80. The van der Waals surface area contributed by atoms with Crippen molar-refractivity contribution in [2.24, 2.45) is 5.41 Å². The quantitative estimate of drug-likeness (QED) is 0.771. The molecule has 0 bridgehead atoms. The summed E-state index contributed by atoms with van der Waals surface area (Å²) in [6.07, 6.45) is 0.843. The average Bonchev–Trinajstić information content (AvgIpc) is 2.01. The average molecular weight is 196 g/mol. The van der Waals surface area contributed by atoms with Gasteiger partial charge in [0.05, 0.1) is 6.61 Å². The number of rotatable bonds is 2. The van der Waals surface area contributed by atoms with Gasteiger partial charge in [-0.3, -0.25) is 0 Å². The second-order valence-electron chi connectivity index (χ2n) is 4.82. The van der Waals surface area contributed by atoms with E-state index in [1.165, 1.54) is 6.07 Å². The molecule has 1 nitrogen and oxygen atoms in total. The van der Waals surface area contributed by atoms with E-state index in [2.05, 4.69) is 20.8 Å². The minimum Gasteiger partial charge on any atom is -0.392 e. The Morgan fingerprint density at radius 2 is 1.93 bits per heavy atom. The predicted octanol–water partition coefficient (Wildman–Crippen LogP) is 2.91. The topological polar surface area (TPSA) is 20.2 Å². The summed E-state index contributed by atoms with van der Waals surface area (Å²) in [6, 6.07) is 5.03. The van der Waals surface area contributed by atoms with Crippen LogP contribution in [-0.4, -0.2) is 5.11 Å². The molecule has 0 heterocycles. The first kappa shape index (κ1) is 11.2. The first-order valence-corrected chi connectivity index (χ1v) is 4.80. The zero-order valence-electron chi connectivity index (χ0n) is 8.97. The molecule has 1 N–H and O–H groups in total. The highest BCUT2D eigenvalue weighted by molar-refractivity contribution is 5.24. The number of hydrogen-bond donors (Lipinski definition) is 1. The van der Waals surface area contributed by atoms with E-state index in [1.807, 2.05) is 6.07 Å². The SMILES string of the molecule is CC(C)(C)Cc1ccc(CO)c(F)c1. The zero-order chi connectivity index (χ0) is 10.8. The van der Waals surface area contributed by atoms with E-state index in [0.717, 1.165) is 12.0 Å². The lowest BCUT2D eigenvalue weighted by atomic mass is 9.88. The summed E-state index contributed by atoms with van der Waals surface area (Å²) < 4.78 is 13.3. The minimum absolute atomic E-state index is 0.160. The van der Waals surface area contributed by atoms with Crippen LogP contribution in [0.25, 0.3) is 0 Å².